The van der Waals surface area contributed by atoms with Crippen LogP contribution in [0.3, 0.4) is 0 Å². The van der Waals surface area contributed by atoms with Gasteiger partial charge < -0.3 is 15.0 Å². The molecule has 0 radical (unpaired) electrons. The zero-order valence-corrected chi connectivity index (χ0v) is 14.5. The van der Waals surface area contributed by atoms with Crippen LogP contribution in [0.25, 0.3) is 0 Å². The number of ether oxygens (including phenoxy) is 1. The van der Waals surface area contributed by atoms with E-state index in [1.54, 1.807) is 17.0 Å². The van der Waals surface area contributed by atoms with E-state index in [0.717, 1.165) is 35.5 Å². The Labute approximate surface area is 147 Å². The topological polar surface area (TPSA) is 58.6 Å². The van der Waals surface area contributed by atoms with Gasteiger partial charge in [-0.05, 0) is 61.7 Å². The summed E-state index contributed by atoms with van der Waals surface area (Å²) in [6.45, 7) is 4.69. The maximum absolute atomic E-state index is 12.1. The van der Waals surface area contributed by atoms with Crippen LogP contribution in [0.15, 0.2) is 42.5 Å². The SMILES string of the molecule is Cc1cccc(NC(=O)COc2ccc(N3CCCC3=O)cc2)c1C. The van der Waals surface area contributed by atoms with Crippen LogP contribution in [0.1, 0.15) is 24.0 Å². The summed E-state index contributed by atoms with van der Waals surface area (Å²) in [6, 6.07) is 13.1. The molecule has 1 saturated heterocycles. The molecule has 25 heavy (non-hydrogen) atoms. The van der Waals surface area contributed by atoms with Gasteiger partial charge in [0.1, 0.15) is 5.75 Å². The lowest BCUT2D eigenvalue weighted by Crippen LogP contribution is -2.23. The van der Waals surface area contributed by atoms with Crippen molar-refractivity contribution in [3.05, 3.63) is 53.6 Å². The standard InChI is InChI=1S/C20H22N2O3/c1-14-5-3-6-18(15(14)2)21-19(23)13-25-17-10-8-16(9-11-17)22-12-4-7-20(22)24/h3,5-6,8-11H,4,7,12-13H2,1-2H3,(H,21,23). The maximum atomic E-state index is 12.1. The van der Waals surface area contributed by atoms with E-state index in [1.165, 1.54) is 0 Å². The smallest absolute Gasteiger partial charge is 0.262 e. The first-order chi connectivity index (χ1) is 12.0. The Balaban J connectivity index is 1.55. The highest BCUT2D eigenvalue weighted by Gasteiger charge is 2.21. The second-order valence-corrected chi connectivity index (χ2v) is 6.23. The van der Waals surface area contributed by atoms with Gasteiger partial charge in [0.2, 0.25) is 5.91 Å². The zero-order valence-electron chi connectivity index (χ0n) is 14.5. The molecular weight excluding hydrogens is 316 g/mol. The van der Waals surface area contributed by atoms with E-state index in [9.17, 15) is 9.59 Å². The summed E-state index contributed by atoms with van der Waals surface area (Å²) in [5.74, 6) is 0.556. The molecule has 0 atom stereocenters. The number of hydrogen-bond donors (Lipinski definition) is 1. The average Bonchev–Trinajstić information content (AvgIpc) is 3.04. The van der Waals surface area contributed by atoms with Gasteiger partial charge in [-0.2, -0.15) is 0 Å². The van der Waals surface area contributed by atoms with Crippen LogP contribution in [0.4, 0.5) is 11.4 Å². The predicted molar refractivity (Wildman–Crippen MR) is 98.1 cm³/mol. The van der Waals surface area contributed by atoms with E-state index in [2.05, 4.69) is 5.32 Å². The van der Waals surface area contributed by atoms with Gasteiger partial charge in [-0.3, -0.25) is 9.59 Å². The molecule has 1 N–H and O–H groups in total. The van der Waals surface area contributed by atoms with Crippen molar-refractivity contribution in [3.63, 3.8) is 0 Å². The van der Waals surface area contributed by atoms with Crippen LogP contribution in [0, 0.1) is 13.8 Å². The zero-order chi connectivity index (χ0) is 17.8. The molecule has 0 unspecified atom stereocenters. The number of nitrogens with zero attached hydrogens (tertiary/aromatic N) is 1. The fraction of sp³-hybridized carbons (Fsp3) is 0.300. The Morgan fingerprint density at radius 2 is 1.92 bits per heavy atom. The first kappa shape index (κ1) is 17.0. The lowest BCUT2D eigenvalue weighted by molar-refractivity contribution is -0.118. The molecule has 2 aromatic carbocycles. The number of aryl methyl sites for hydroxylation is 1. The molecule has 5 nitrogen and oxygen atoms in total. The van der Waals surface area contributed by atoms with Crippen LogP contribution >= 0.6 is 0 Å². The molecule has 1 aliphatic rings. The van der Waals surface area contributed by atoms with Gasteiger partial charge in [-0.15, -0.1) is 0 Å². The van der Waals surface area contributed by atoms with Crippen molar-refractivity contribution in [2.45, 2.75) is 26.7 Å². The third kappa shape index (κ3) is 3.99. The number of carbonyl (C=O) groups is 2. The highest BCUT2D eigenvalue weighted by molar-refractivity contribution is 5.95. The van der Waals surface area contributed by atoms with Crippen LogP contribution < -0.4 is 15.0 Å². The second-order valence-electron chi connectivity index (χ2n) is 6.23. The number of rotatable bonds is 5. The lowest BCUT2D eigenvalue weighted by Gasteiger charge is -2.16. The highest BCUT2D eigenvalue weighted by atomic mass is 16.5. The Morgan fingerprint density at radius 3 is 2.60 bits per heavy atom. The molecule has 0 saturated carbocycles. The van der Waals surface area contributed by atoms with Crippen molar-refractivity contribution in [1.82, 2.24) is 0 Å². The monoisotopic (exact) mass is 338 g/mol. The van der Waals surface area contributed by atoms with Crippen molar-refractivity contribution in [1.29, 1.82) is 0 Å². The third-order valence-electron chi connectivity index (χ3n) is 4.47. The molecular formula is C20H22N2O3. The van der Waals surface area contributed by atoms with Crippen molar-refractivity contribution in [2.75, 3.05) is 23.4 Å². The molecule has 130 valence electrons. The Kier molecular flexibility index (Phi) is 5.03. The molecule has 1 heterocycles. The lowest BCUT2D eigenvalue weighted by atomic mass is 10.1. The first-order valence-corrected chi connectivity index (χ1v) is 8.44. The molecule has 0 bridgehead atoms. The Morgan fingerprint density at radius 1 is 1.16 bits per heavy atom. The summed E-state index contributed by atoms with van der Waals surface area (Å²) >= 11 is 0. The maximum Gasteiger partial charge on any atom is 0.262 e. The van der Waals surface area contributed by atoms with Gasteiger partial charge in [-0.1, -0.05) is 12.1 Å². The van der Waals surface area contributed by atoms with Gasteiger partial charge in [0.05, 0.1) is 0 Å². The third-order valence-corrected chi connectivity index (χ3v) is 4.47. The molecule has 3 rings (SSSR count). The van der Waals surface area contributed by atoms with E-state index in [1.807, 2.05) is 44.2 Å². The summed E-state index contributed by atoms with van der Waals surface area (Å²) in [7, 11) is 0. The van der Waals surface area contributed by atoms with Gasteiger partial charge in [0.25, 0.3) is 5.91 Å². The predicted octanol–water partition coefficient (Wildman–Crippen LogP) is 3.45. The number of benzene rings is 2. The average molecular weight is 338 g/mol. The Hall–Kier alpha value is -2.82. The molecule has 2 aromatic rings. The van der Waals surface area contributed by atoms with Crippen molar-refractivity contribution < 1.29 is 14.3 Å². The number of hydrogen-bond acceptors (Lipinski definition) is 3. The summed E-state index contributed by atoms with van der Waals surface area (Å²) in [5.41, 5.74) is 3.85. The fourth-order valence-electron chi connectivity index (χ4n) is 2.87. The van der Waals surface area contributed by atoms with Gasteiger partial charge in [0, 0.05) is 24.3 Å². The van der Waals surface area contributed by atoms with Gasteiger partial charge in [-0.25, -0.2) is 0 Å². The van der Waals surface area contributed by atoms with Crippen LogP contribution in [-0.4, -0.2) is 25.0 Å². The molecule has 0 spiro atoms. The summed E-state index contributed by atoms with van der Waals surface area (Å²) in [5, 5.41) is 2.87. The van der Waals surface area contributed by atoms with Crippen molar-refractivity contribution >= 4 is 23.2 Å². The first-order valence-electron chi connectivity index (χ1n) is 8.44. The quantitative estimate of drug-likeness (QED) is 0.908. The van der Waals surface area contributed by atoms with Crippen molar-refractivity contribution in [3.8, 4) is 5.75 Å². The minimum Gasteiger partial charge on any atom is -0.484 e. The number of anilines is 2. The number of nitrogens with one attached hydrogen (secondary N) is 1. The number of amides is 2. The summed E-state index contributed by atoms with van der Waals surface area (Å²) in [4.78, 5) is 25.6. The largest absolute Gasteiger partial charge is 0.484 e. The van der Waals surface area contributed by atoms with Gasteiger partial charge in [0.15, 0.2) is 6.61 Å². The Bertz CT molecular complexity index is 784. The molecule has 1 fully saturated rings. The number of carbonyl (C=O) groups excluding carboxylic acids is 2. The molecule has 0 aromatic heterocycles. The van der Waals surface area contributed by atoms with Crippen LogP contribution in [0.5, 0.6) is 5.75 Å². The normalized spacial score (nSPS) is 13.8. The minimum absolute atomic E-state index is 0.0601. The molecule has 2 amide bonds. The molecule has 1 aliphatic heterocycles. The van der Waals surface area contributed by atoms with Gasteiger partial charge >= 0.3 is 0 Å². The van der Waals surface area contributed by atoms with E-state index < -0.39 is 0 Å². The summed E-state index contributed by atoms with van der Waals surface area (Å²) < 4.78 is 5.54. The fourth-order valence-corrected chi connectivity index (χ4v) is 2.87. The molecule has 0 aliphatic carbocycles. The van der Waals surface area contributed by atoms with Crippen molar-refractivity contribution in [2.24, 2.45) is 0 Å². The highest BCUT2D eigenvalue weighted by Crippen LogP contribution is 2.24. The van der Waals surface area contributed by atoms with E-state index in [4.69, 9.17) is 4.74 Å². The summed E-state index contributed by atoms with van der Waals surface area (Å²) in [6.07, 6.45) is 1.51. The van der Waals surface area contributed by atoms with E-state index in [-0.39, 0.29) is 18.4 Å². The van der Waals surface area contributed by atoms with Crippen LogP contribution in [0.2, 0.25) is 0 Å². The van der Waals surface area contributed by atoms with E-state index in [0.29, 0.717) is 12.2 Å². The second kappa shape index (κ2) is 7.38. The minimum atomic E-state index is -0.201. The van der Waals surface area contributed by atoms with E-state index >= 15 is 0 Å². The van der Waals surface area contributed by atoms with Crippen LogP contribution in [-0.2, 0) is 9.59 Å². The molecule has 5 heteroatoms.